The fraction of sp³-hybridized carbons (Fsp3) is 0.273. The van der Waals surface area contributed by atoms with Crippen molar-refractivity contribution in [2.75, 3.05) is 18.8 Å². The zero-order valence-electron chi connectivity index (χ0n) is 10.7. The lowest BCUT2D eigenvalue weighted by Gasteiger charge is -2.20. The highest BCUT2D eigenvalue weighted by molar-refractivity contribution is 7.89. The summed E-state index contributed by atoms with van der Waals surface area (Å²) in [4.78, 5) is 21.5. The molecule has 1 aromatic carbocycles. The Hall–Kier alpha value is -2.13. The molecule has 0 radical (unpaired) electrons. The highest BCUT2D eigenvalue weighted by Crippen LogP contribution is 2.23. The fourth-order valence-corrected chi connectivity index (χ4v) is 3.24. The quantitative estimate of drug-likeness (QED) is 0.602. The molecule has 110 valence electrons. The van der Waals surface area contributed by atoms with Crippen molar-refractivity contribution in [2.45, 2.75) is 11.8 Å². The van der Waals surface area contributed by atoms with Crippen molar-refractivity contribution >= 4 is 27.6 Å². The van der Waals surface area contributed by atoms with Crippen LogP contribution < -0.4 is 11.5 Å². The molecule has 0 saturated carbocycles. The molecular formula is C11H15N3O5S. The molecule has 0 saturated heterocycles. The van der Waals surface area contributed by atoms with Gasteiger partial charge in [0.1, 0.15) is 0 Å². The molecule has 0 fully saturated rings. The molecule has 0 bridgehead atoms. The number of likely N-dealkylation sites (N-methyl/N-ethyl adjacent to an activating group) is 1. The first-order chi connectivity index (χ1) is 9.20. The maximum atomic E-state index is 12.4. The Morgan fingerprint density at radius 1 is 1.35 bits per heavy atom. The summed E-state index contributed by atoms with van der Waals surface area (Å²) in [7, 11) is -4.17. The first-order valence-corrected chi connectivity index (χ1v) is 7.05. The van der Waals surface area contributed by atoms with Crippen LogP contribution >= 0.6 is 0 Å². The molecule has 1 amide bonds. The Bertz CT molecular complexity index is 641. The molecule has 0 unspecified atom stereocenters. The van der Waals surface area contributed by atoms with E-state index in [2.05, 4.69) is 0 Å². The number of rotatable bonds is 6. The van der Waals surface area contributed by atoms with Crippen LogP contribution in [0.1, 0.15) is 17.3 Å². The van der Waals surface area contributed by atoms with Gasteiger partial charge in [-0.3, -0.25) is 4.79 Å². The van der Waals surface area contributed by atoms with E-state index in [-0.39, 0.29) is 12.2 Å². The van der Waals surface area contributed by atoms with E-state index >= 15 is 0 Å². The minimum absolute atomic E-state index is 0.0286. The van der Waals surface area contributed by atoms with E-state index < -0.39 is 38.9 Å². The van der Waals surface area contributed by atoms with E-state index in [1.54, 1.807) is 0 Å². The average molecular weight is 301 g/mol. The van der Waals surface area contributed by atoms with Crippen molar-refractivity contribution in [3.63, 3.8) is 0 Å². The Morgan fingerprint density at radius 3 is 2.40 bits per heavy atom. The number of sulfonamides is 1. The van der Waals surface area contributed by atoms with Crippen LogP contribution in [0, 0.1) is 0 Å². The fourth-order valence-electron chi connectivity index (χ4n) is 1.61. The van der Waals surface area contributed by atoms with E-state index in [0.29, 0.717) is 0 Å². The predicted octanol–water partition coefficient (Wildman–Crippen LogP) is -0.537. The normalized spacial score (nSPS) is 11.5. The van der Waals surface area contributed by atoms with Gasteiger partial charge >= 0.3 is 5.97 Å². The SMILES string of the molecule is CCN(CC(N)=O)S(=O)(=O)c1cc(N)ccc1C(=O)O. The van der Waals surface area contributed by atoms with Crippen LogP contribution in [0.25, 0.3) is 0 Å². The van der Waals surface area contributed by atoms with Crippen LogP contribution in [0.3, 0.4) is 0 Å². The topological polar surface area (TPSA) is 144 Å². The third kappa shape index (κ3) is 3.25. The predicted molar refractivity (Wildman–Crippen MR) is 71.4 cm³/mol. The van der Waals surface area contributed by atoms with Gasteiger partial charge in [0.15, 0.2) is 0 Å². The molecule has 0 aromatic heterocycles. The summed E-state index contributed by atoms with van der Waals surface area (Å²) < 4.78 is 25.5. The Morgan fingerprint density at radius 2 is 1.95 bits per heavy atom. The van der Waals surface area contributed by atoms with Crippen LogP contribution in [-0.4, -0.2) is 42.8 Å². The minimum Gasteiger partial charge on any atom is -0.478 e. The van der Waals surface area contributed by atoms with Crippen LogP contribution in [-0.2, 0) is 14.8 Å². The number of benzene rings is 1. The average Bonchev–Trinajstić information content (AvgIpc) is 2.34. The Labute approximate surface area is 116 Å². The van der Waals surface area contributed by atoms with Gasteiger partial charge in [-0.2, -0.15) is 4.31 Å². The number of amides is 1. The molecule has 8 nitrogen and oxygen atoms in total. The summed E-state index contributed by atoms with van der Waals surface area (Å²) in [5.41, 5.74) is 10.2. The van der Waals surface area contributed by atoms with Crippen molar-refractivity contribution in [3.05, 3.63) is 23.8 Å². The lowest BCUT2D eigenvalue weighted by molar-refractivity contribution is -0.118. The number of nitrogen functional groups attached to an aromatic ring is 1. The van der Waals surface area contributed by atoms with Crippen molar-refractivity contribution in [1.29, 1.82) is 0 Å². The van der Waals surface area contributed by atoms with Gasteiger partial charge in [-0.1, -0.05) is 6.92 Å². The number of carboxylic acid groups (broad SMARTS) is 1. The third-order valence-electron chi connectivity index (χ3n) is 2.54. The molecule has 1 rings (SSSR count). The third-order valence-corrected chi connectivity index (χ3v) is 4.50. The monoisotopic (exact) mass is 301 g/mol. The van der Waals surface area contributed by atoms with Gasteiger partial charge in [-0.15, -0.1) is 0 Å². The lowest BCUT2D eigenvalue weighted by Crippen LogP contribution is -2.38. The van der Waals surface area contributed by atoms with Crippen LogP contribution in [0.15, 0.2) is 23.1 Å². The van der Waals surface area contributed by atoms with Gasteiger partial charge in [0.25, 0.3) is 0 Å². The zero-order valence-corrected chi connectivity index (χ0v) is 11.6. The van der Waals surface area contributed by atoms with Crippen LogP contribution in [0.2, 0.25) is 0 Å². The van der Waals surface area contributed by atoms with Crippen molar-refractivity contribution in [2.24, 2.45) is 5.73 Å². The van der Waals surface area contributed by atoms with Gasteiger partial charge < -0.3 is 16.6 Å². The Kier molecular flexibility index (Phi) is 4.69. The molecule has 0 aliphatic carbocycles. The number of carbonyl (C=O) groups is 2. The first-order valence-electron chi connectivity index (χ1n) is 5.61. The maximum absolute atomic E-state index is 12.4. The summed E-state index contributed by atoms with van der Waals surface area (Å²) in [6.45, 7) is 0.944. The number of primary amides is 1. The second-order valence-corrected chi connectivity index (χ2v) is 5.86. The smallest absolute Gasteiger partial charge is 0.337 e. The van der Waals surface area contributed by atoms with Gasteiger partial charge in [-0.25, -0.2) is 13.2 Å². The van der Waals surface area contributed by atoms with Crippen LogP contribution in [0.4, 0.5) is 5.69 Å². The largest absolute Gasteiger partial charge is 0.478 e. The second kappa shape index (κ2) is 5.88. The maximum Gasteiger partial charge on any atom is 0.337 e. The lowest BCUT2D eigenvalue weighted by atomic mass is 10.2. The summed E-state index contributed by atoms with van der Waals surface area (Å²) in [5, 5.41) is 9.04. The number of anilines is 1. The van der Waals surface area contributed by atoms with E-state index in [9.17, 15) is 18.0 Å². The van der Waals surface area contributed by atoms with E-state index in [4.69, 9.17) is 16.6 Å². The van der Waals surface area contributed by atoms with Gasteiger partial charge in [0, 0.05) is 12.2 Å². The van der Waals surface area contributed by atoms with Gasteiger partial charge in [0.2, 0.25) is 15.9 Å². The molecule has 0 aliphatic heterocycles. The highest BCUT2D eigenvalue weighted by Gasteiger charge is 2.29. The van der Waals surface area contributed by atoms with Crippen molar-refractivity contribution < 1.29 is 23.1 Å². The molecule has 0 spiro atoms. The zero-order chi connectivity index (χ0) is 15.5. The summed E-state index contributed by atoms with van der Waals surface area (Å²) >= 11 is 0. The molecule has 9 heteroatoms. The molecule has 1 aromatic rings. The number of hydrogen-bond acceptors (Lipinski definition) is 5. The van der Waals surface area contributed by atoms with Gasteiger partial charge in [0.05, 0.1) is 17.0 Å². The number of hydrogen-bond donors (Lipinski definition) is 3. The van der Waals surface area contributed by atoms with Crippen molar-refractivity contribution in [3.8, 4) is 0 Å². The second-order valence-electron chi connectivity index (χ2n) is 3.96. The molecule has 0 aliphatic rings. The van der Waals surface area contributed by atoms with E-state index in [1.165, 1.54) is 13.0 Å². The number of aromatic carboxylic acids is 1. The summed E-state index contributed by atoms with van der Waals surface area (Å²) in [6, 6.07) is 3.43. The highest BCUT2D eigenvalue weighted by atomic mass is 32.2. The minimum atomic E-state index is -4.17. The molecule has 0 atom stereocenters. The van der Waals surface area contributed by atoms with E-state index in [0.717, 1.165) is 16.4 Å². The number of nitrogens with zero attached hydrogens (tertiary/aromatic N) is 1. The van der Waals surface area contributed by atoms with Crippen molar-refractivity contribution in [1.82, 2.24) is 4.31 Å². The van der Waals surface area contributed by atoms with E-state index in [1.807, 2.05) is 0 Å². The Balaban J connectivity index is 3.44. The number of carboxylic acids is 1. The summed E-state index contributed by atoms with van der Waals surface area (Å²) in [6.07, 6.45) is 0. The number of nitrogens with two attached hydrogens (primary N) is 2. The first kappa shape index (κ1) is 15.9. The van der Waals surface area contributed by atoms with Crippen LogP contribution in [0.5, 0.6) is 0 Å². The van der Waals surface area contributed by atoms with Gasteiger partial charge in [-0.05, 0) is 18.2 Å². The number of carbonyl (C=O) groups excluding carboxylic acids is 1. The summed E-state index contributed by atoms with van der Waals surface area (Å²) in [5.74, 6) is -2.24. The molecule has 0 heterocycles. The molecular weight excluding hydrogens is 286 g/mol. The molecule has 20 heavy (non-hydrogen) atoms. The standard InChI is InChI=1S/C11H15N3O5S/c1-2-14(6-10(13)15)20(18,19)9-5-7(12)3-4-8(9)11(16)17/h3-5H,2,6,12H2,1H3,(H2,13,15)(H,16,17). The molecule has 5 N–H and O–H groups in total.